The van der Waals surface area contributed by atoms with E-state index in [1.54, 1.807) is 47.4 Å². The second-order valence-electron chi connectivity index (χ2n) is 7.78. The largest absolute Gasteiger partial charge is 0.308 e. The number of anilines is 2. The first-order valence-corrected chi connectivity index (χ1v) is 11.9. The number of hydrogen-bond acceptors (Lipinski definition) is 3. The number of carbonyl (C=O) groups excluding carboxylic acids is 1. The molecule has 160 valence electrons. The summed E-state index contributed by atoms with van der Waals surface area (Å²) in [5.74, 6) is -0.123. The molecule has 0 saturated heterocycles. The van der Waals surface area contributed by atoms with E-state index in [1.807, 2.05) is 32.0 Å². The first-order valence-electron chi connectivity index (χ1n) is 10.0. The highest BCUT2D eigenvalue weighted by Gasteiger charge is 2.26. The molecule has 1 amide bonds. The quantitative estimate of drug-likeness (QED) is 0.577. The minimum Gasteiger partial charge on any atom is -0.308 e. The number of amides is 1. The molecule has 31 heavy (non-hydrogen) atoms. The van der Waals surface area contributed by atoms with Gasteiger partial charge in [0.2, 0.25) is 0 Å². The standard InChI is InChI=1S/C24H23ClN2O3S/c1-16-5-6-17(2)22(14-16)26-31(29,30)21-11-12-23-19(15-21)4-3-13-27(23)24(28)18-7-9-20(25)10-8-18/h5-12,14-15,26H,3-4,13H2,1-2H3. The predicted octanol–water partition coefficient (Wildman–Crippen LogP) is 5.35. The van der Waals surface area contributed by atoms with Crippen molar-refractivity contribution in [2.24, 2.45) is 0 Å². The van der Waals surface area contributed by atoms with Crippen LogP contribution in [0.1, 0.15) is 33.5 Å². The number of hydrogen-bond donors (Lipinski definition) is 1. The number of benzene rings is 3. The summed E-state index contributed by atoms with van der Waals surface area (Å²) in [7, 11) is -3.75. The van der Waals surface area contributed by atoms with Crippen molar-refractivity contribution in [3.63, 3.8) is 0 Å². The van der Waals surface area contributed by atoms with Gasteiger partial charge in [0.05, 0.1) is 10.6 Å². The Morgan fingerprint density at radius 3 is 2.48 bits per heavy atom. The topological polar surface area (TPSA) is 66.5 Å². The highest BCUT2D eigenvalue weighted by Crippen LogP contribution is 2.31. The molecule has 3 aromatic rings. The molecule has 4 rings (SSSR count). The molecule has 1 aliphatic rings. The molecule has 7 heteroatoms. The Morgan fingerprint density at radius 2 is 1.74 bits per heavy atom. The molecular weight excluding hydrogens is 432 g/mol. The Hall–Kier alpha value is -2.83. The van der Waals surface area contributed by atoms with Crippen LogP contribution in [0.5, 0.6) is 0 Å². The van der Waals surface area contributed by atoms with Crippen molar-refractivity contribution in [1.29, 1.82) is 0 Å². The number of rotatable bonds is 4. The minimum absolute atomic E-state index is 0.123. The molecular formula is C24H23ClN2O3S. The molecule has 0 spiro atoms. The van der Waals surface area contributed by atoms with Crippen molar-refractivity contribution >= 4 is 38.9 Å². The molecule has 0 atom stereocenters. The zero-order chi connectivity index (χ0) is 22.2. The van der Waals surface area contributed by atoms with Crippen molar-refractivity contribution in [3.05, 3.63) is 87.9 Å². The number of nitrogens with zero attached hydrogens (tertiary/aromatic N) is 1. The summed E-state index contributed by atoms with van der Waals surface area (Å²) in [6.45, 7) is 4.37. The third-order valence-corrected chi connectivity index (χ3v) is 7.07. The monoisotopic (exact) mass is 454 g/mol. The first kappa shape index (κ1) is 21.4. The van der Waals surface area contributed by atoms with Crippen molar-refractivity contribution < 1.29 is 13.2 Å². The highest BCUT2D eigenvalue weighted by atomic mass is 35.5. The summed E-state index contributed by atoms with van der Waals surface area (Å²) in [4.78, 5) is 14.9. The van der Waals surface area contributed by atoms with Crippen LogP contribution in [0.2, 0.25) is 5.02 Å². The Morgan fingerprint density at radius 1 is 1.00 bits per heavy atom. The molecule has 0 bridgehead atoms. The van der Waals surface area contributed by atoms with Crippen LogP contribution >= 0.6 is 11.6 Å². The van der Waals surface area contributed by atoms with E-state index in [9.17, 15) is 13.2 Å². The zero-order valence-corrected chi connectivity index (χ0v) is 18.9. The van der Waals surface area contributed by atoms with E-state index in [1.165, 1.54) is 0 Å². The zero-order valence-electron chi connectivity index (χ0n) is 17.4. The third kappa shape index (κ3) is 4.45. The maximum atomic E-state index is 13.0. The van der Waals surface area contributed by atoms with Gasteiger partial charge in [-0.15, -0.1) is 0 Å². The molecule has 3 aromatic carbocycles. The summed E-state index contributed by atoms with van der Waals surface area (Å²) in [5, 5.41) is 0.571. The van der Waals surface area contributed by atoms with Crippen molar-refractivity contribution in [2.75, 3.05) is 16.2 Å². The normalized spacial score (nSPS) is 13.6. The lowest BCUT2D eigenvalue weighted by atomic mass is 10.0. The van der Waals surface area contributed by atoms with E-state index in [2.05, 4.69) is 4.72 Å². The number of nitrogens with one attached hydrogen (secondary N) is 1. The van der Waals surface area contributed by atoms with Gasteiger partial charge in [-0.1, -0.05) is 23.7 Å². The molecule has 0 unspecified atom stereocenters. The Labute approximate surface area is 187 Å². The fraction of sp³-hybridized carbons (Fsp3) is 0.208. The van der Waals surface area contributed by atoms with E-state index in [-0.39, 0.29) is 10.8 Å². The van der Waals surface area contributed by atoms with Crippen LogP contribution in [-0.2, 0) is 16.4 Å². The van der Waals surface area contributed by atoms with Crippen LogP contribution in [0.15, 0.2) is 65.6 Å². The predicted molar refractivity (Wildman–Crippen MR) is 125 cm³/mol. The van der Waals surface area contributed by atoms with E-state index < -0.39 is 10.0 Å². The minimum atomic E-state index is -3.75. The second kappa shape index (κ2) is 8.36. The van der Waals surface area contributed by atoms with Crippen LogP contribution in [0, 0.1) is 13.8 Å². The molecule has 1 N–H and O–H groups in total. The van der Waals surface area contributed by atoms with Crippen molar-refractivity contribution in [2.45, 2.75) is 31.6 Å². The van der Waals surface area contributed by atoms with Gasteiger partial charge < -0.3 is 4.90 Å². The average molecular weight is 455 g/mol. The van der Waals surface area contributed by atoms with Crippen LogP contribution in [0.4, 0.5) is 11.4 Å². The maximum Gasteiger partial charge on any atom is 0.261 e. The van der Waals surface area contributed by atoms with Gasteiger partial charge in [0, 0.05) is 22.8 Å². The second-order valence-corrected chi connectivity index (χ2v) is 9.90. The van der Waals surface area contributed by atoms with Crippen LogP contribution in [-0.4, -0.2) is 20.9 Å². The van der Waals surface area contributed by atoms with Gasteiger partial charge in [-0.25, -0.2) is 8.42 Å². The summed E-state index contributed by atoms with van der Waals surface area (Å²) in [5.41, 5.74) is 4.54. The van der Waals surface area contributed by atoms with Gasteiger partial charge in [-0.05, 0) is 91.9 Å². The SMILES string of the molecule is Cc1ccc(C)c(NS(=O)(=O)c2ccc3c(c2)CCCN3C(=O)c2ccc(Cl)cc2)c1. The number of fused-ring (bicyclic) bond motifs is 1. The lowest BCUT2D eigenvalue weighted by molar-refractivity contribution is 0.0985. The number of aryl methyl sites for hydroxylation is 3. The molecule has 0 aliphatic carbocycles. The van der Waals surface area contributed by atoms with Crippen molar-refractivity contribution in [3.8, 4) is 0 Å². The summed E-state index contributed by atoms with van der Waals surface area (Å²) < 4.78 is 28.7. The maximum absolute atomic E-state index is 13.0. The van der Waals surface area contributed by atoms with Gasteiger partial charge in [-0.2, -0.15) is 0 Å². The van der Waals surface area contributed by atoms with E-state index in [0.29, 0.717) is 29.2 Å². The van der Waals surface area contributed by atoms with Crippen molar-refractivity contribution in [1.82, 2.24) is 0 Å². The van der Waals surface area contributed by atoms with Gasteiger partial charge in [0.25, 0.3) is 15.9 Å². The number of halogens is 1. The average Bonchev–Trinajstić information content (AvgIpc) is 2.75. The van der Waals surface area contributed by atoms with Crippen LogP contribution in [0.25, 0.3) is 0 Å². The van der Waals surface area contributed by atoms with E-state index in [4.69, 9.17) is 11.6 Å². The number of carbonyl (C=O) groups is 1. The fourth-order valence-electron chi connectivity index (χ4n) is 3.75. The molecule has 0 fully saturated rings. The molecule has 0 aromatic heterocycles. The van der Waals surface area contributed by atoms with Crippen LogP contribution in [0.3, 0.4) is 0 Å². The molecule has 1 aliphatic heterocycles. The summed E-state index contributed by atoms with van der Waals surface area (Å²) in [6.07, 6.45) is 1.48. The molecule has 0 saturated carbocycles. The fourth-order valence-corrected chi connectivity index (χ4v) is 5.05. The third-order valence-electron chi connectivity index (χ3n) is 5.45. The molecule has 0 radical (unpaired) electrons. The van der Waals surface area contributed by atoms with E-state index >= 15 is 0 Å². The Kier molecular flexibility index (Phi) is 5.77. The summed E-state index contributed by atoms with van der Waals surface area (Å²) >= 11 is 5.93. The highest BCUT2D eigenvalue weighted by molar-refractivity contribution is 7.92. The smallest absolute Gasteiger partial charge is 0.261 e. The Balaban J connectivity index is 1.64. The lowest BCUT2D eigenvalue weighted by Crippen LogP contribution is -2.35. The molecule has 5 nitrogen and oxygen atoms in total. The van der Waals surface area contributed by atoms with Gasteiger partial charge in [0.1, 0.15) is 0 Å². The van der Waals surface area contributed by atoms with Crippen LogP contribution < -0.4 is 9.62 Å². The number of sulfonamides is 1. The van der Waals surface area contributed by atoms with E-state index in [0.717, 1.165) is 28.8 Å². The van der Waals surface area contributed by atoms with Gasteiger partial charge in [0.15, 0.2) is 0 Å². The summed E-state index contributed by atoms with van der Waals surface area (Å²) in [6, 6.07) is 17.4. The Bertz CT molecular complexity index is 1250. The van der Waals surface area contributed by atoms with Gasteiger partial charge >= 0.3 is 0 Å². The lowest BCUT2D eigenvalue weighted by Gasteiger charge is -2.30. The molecule has 1 heterocycles. The van der Waals surface area contributed by atoms with Gasteiger partial charge in [-0.3, -0.25) is 9.52 Å². The first-order chi connectivity index (χ1) is 14.7.